The Kier molecular flexibility index (Phi) is 5.83. The third-order valence-electron chi connectivity index (χ3n) is 3.54. The van der Waals surface area contributed by atoms with E-state index in [0.717, 1.165) is 0 Å². The maximum absolute atomic E-state index is 12.9. The molecule has 5 nitrogen and oxygen atoms in total. The number of thiazole rings is 1. The third-order valence-corrected chi connectivity index (χ3v) is 4.65. The Labute approximate surface area is 164 Å². The van der Waals surface area contributed by atoms with Crippen LogP contribution in [-0.2, 0) is 16.1 Å². The maximum atomic E-state index is 12.9. The van der Waals surface area contributed by atoms with E-state index in [9.17, 15) is 14.0 Å². The first-order chi connectivity index (χ1) is 12.9. The van der Waals surface area contributed by atoms with Gasteiger partial charge < -0.3 is 4.74 Å². The van der Waals surface area contributed by atoms with Gasteiger partial charge in [-0.05, 0) is 42.5 Å². The minimum absolute atomic E-state index is 0.0615. The van der Waals surface area contributed by atoms with Gasteiger partial charge in [0.05, 0.1) is 16.9 Å². The number of benzene rings is 2. The molecule has 0 saturated heterocycles. The topological polar surface area (TPSA) is 59.5 Å². The van der Waals surface area contributed by atoms with Crippen LogP contribution in [0.2, 0.25) is 5.02 Å². The summed E-state index contributed by atoms with van der Waals surface area (Å²) in [5, 5.41) is 2.65. The number of rotatable bonds is 5. The molecule has 27 heavy (non-hydrogen) atoms. The molecule has 3 aromatic rings. The number of hydrogen-bond donors (Lipinski definition) is 0. The smallest absolute Gasteiger partial charge is 0.338 e. The number of carbonyl (C=O) groups is 2. The van der Waals surface area contributed by atoms with Crippen LogP contribution in [0.25, 0.3) is 0 Å². The monoisotopic (exact) mass is 404 g/mol. The SMILES string of the molecule is CC(=O)N(c1cccc(Cl)c1)c1nc(COC(=O)c2ccc(F)cc2)cs1. The lowest BCUT2D eigenvalue weighted by Crippen LogP contribution is -2.22. The van der Waals surface area contributed by atoms with Gasteiger partial charge in [-0.25, -0.2) is 14.2 Å². The molecule has 1 aromatic heterocycles. The fourth-order valence-electron chi connectivity index (χ4n) is 2.32. The largest absolute Gasteiger partial charge is 0.456 e. The first kappa shape index (κ1) is 19.0. The molecule has 0 aliphatic rings. The number of aromatic nitrogens is 1. The normalized spacial score (nSPS) is 10.5. The lowest BCUT2D eigenvalue weighted by atomic mass is 10.2. The number of anilines is 2. The van der Waals surface area contributed by atoms with Crippen LogP contribution in [0.5, 0.6) is 0 Å². The average molecular weight is 405 g/mol. The summed E-state index contributed by atoms with van der Waals surface area (Å²) < 4.78 is 18.1. The molecule has 0 radical (unpaired) electrons. The minimum atomic E-state index is -0.581. The van der Waals surface area contributed by atoms with E-state index < -0.39 is 11.8 Å². The average Bonchev–Trinajstić information content (AvgIpc) is 3.08. The summed E-state index contributed by atoms with van der Waals surface area (Å²) in [4.78, 5) is 29.9. The summed E-state index contributed by atoms with van der Waals surface area (Å²) >= 11 is 7.25. The van der Waals surface area contributed by atoms with Crippen molar-refractivity contribution in [1.82, 2.24) is 4.98 Å². The molecular weight excluding hydrogens is 391 g/mol. The van der Waals surface area contributed by atoms with Crippen LogP contribution in [0.3, 0.4) is 0 Å². The first-order valence-corrected chi connectivity index (χ1v) is 9.13. The quantitative estimate of drug-likeness (QED) is 0.563. The zero-order valence-electron chi connectivity index (χ0n) is 14.2. The van der Waals surface area contributed by atoms with Gasteiger partial charge in [0.2, 0.25) is 5.91 Å². The molecule has 0 bridgehead atoms. The Balaban J connectivity index is 1.72. The van der Waals surface area contributed by atoms with Gasteiger partial charge in [-0.3, -0.25) is 9.69 Å². The van der Waals surface area contributed by atoms with Crippen molar-refractivity contribution in [3.05, 3.63) is 76.0 Å². The van der Waals surface area contributed by atoms with Crippen LogP contribution in [0.15, 0.2) is 53.9 Å². The number of ether oxygens (including phenoxy) is 1. The fraction of sp³-hybridized carbons (Fsp3) is 0.105. The van der Waals surface area contributed by atoms with Crippen LogP contribution in [0.1, 0.15) is 23.0 Å². The molecule has 1 amide bonds. The molecule has 0 saturated carbocycles. The molecule has 0 spiro atoms. The molecule has 0 unspecified atom stereocenters. The third kappa shape index (κ3) is 4.69. The Bertz CT molecular complexity index is 975. The molecular formula is C19H14ClFN2O3S. The van der Waals surface area contributed by atoms with Crippen LogP contribution in [0, 0.1) is 5.82 Å². The number of esters is 1. The number of hydrogen-bond acceptors (Lipinski definition) is 5. The first-order valence-electron chi connectivity index (χ1n) is 7.87. The highest BCUT2D eigenvalue weighted by Gasteiger charge is 2.19. The summed E-state index contributed by atoms with van der Waals surface area (Å²) in [5.41, 5.74) is 1.34. The molecule has 138 valence electrons. The van der Waals surface area contributed by atoms with E-state index >= 15 is 0 Å². The van der Waals surface area contributed by atoms with Crippen molar-refractivity contribution in [1.29, 1.82) is 0 Å². The summed E-state index contributed by atoms with van der Waals surface area (Å²) in [6.45, 7) is 1.37. The number of nitrogens with zero attached hydrogens (tertiary/aromatic N) is 2. The van der Waals surface area contributed by atoms with E-state index in [1.165, 1.54) is 47.4 Å². The zero-order chi connectivity index (χ0) is 19.4. The van der Waals surface area contributed by atoms with Gasteiger partial charge in [-0.2, -0.15) is 0 Å². The van der Waals surface area contributed by atoms with E-state index in [2.05, 4.69) is 4.98 Å². The van der Waals surface area contributed by atoms with Crippen molar-refractivity contribution in [2.75, 3.05) is 4.90 Å². The molecule has 0 N–H and O–H groups in total. The Morgan fingerprint density at radius 3 is 2.63 bits per heavy atom. The Morgan fingerprint density at radius 2 is 1.96 bits per heavy atom. The molecule has 0 aliphatic carbocycles. The van der Waals surface area contributed by atoms with Crippen LogP contribution < -0.4 is 4.90 Å². The maximum Gasteiger partial charge on any atom is 0.338 e. The molecule has 0 atom stereocenters. The summed E-state index contributed by atoms with van der Waals surface area (Å²) in [6, 6.07) is 11.9. The Hall–Kier alpha value is -2.77. The van der Waals surface area contributed by atoms with E-state index in [4.69, 9.17) is 16.3 Å². The standard InChI is InChI=1S/C19H14ClFN2O3S/c1-12(24)23(17-4-2-3-14(20)9-17)19-22-16(11-27-19)10-26-18(25)13-5-7-15(21)8-6-13/h2-9,11H,10H2,1H3. The van der Waals surface area contributed by atoms with Crippen molar-refractivity contribution >= 4 is 45.6 Å². The van der Waals surface area contributed by atoms with Crippen molar-refractivity contribution in [3.63, 3.8) is 0 Å². The van der Waals surface area contributed by atoms with Gasteiger partial charge in [-0.1, -0.05) is 17.7 Å². The van der Waals surface area contributed by atoms with E-state index in [0.29, 0.717) is 21.5 Å². The molecule has 8 heteroatoms. The predicted octanol–water partition coefficient (Wildman–Crippen LogP) is 4.98. The van der Waals surface area contributed by atoms with Gasteiger partial charge in [-0.15, -0.1) is 11.3 Å². The second-order valence-corrected chi connectivity index (χ2v) is 6.81. The summed E-state index contributed by atoms with van der Waals surface area (Å²) in [5.74, 6) is -1.23. The minimum Gasteiger partial charge on any atom is -0.456 e. The highest BCUT2D eigenvalue weighted by molar-refractivity contribution is 7.14. The van der Waals surface area contributed by atoms with Crippen LogP contribution in [0.4, 0.5) is 15.2 Å². The second kappa shape index (κ2) is 8.28. The molecule has 1 heterocycles. The number of amides is 1. The van der Waals surface area contributed by atoms with Gasteiger partial charge in [0.1, 0.15) is 12.4 Å². The van der Waals surface area contributed by atoms with Crippen LogP contribution in [-0.4, -0.2) is 16.9 Å². The molecule has 2 aromatic carbocycles. The number of carbonyl (C=O) groups excluding carboxylic acids is 2. The molecule has 0 fully saturated rings. The van der Waals surface area contributed by atoms with E-state index in [1.54, 1.807) is 29.6 Å². The van der Waals surface area contributed by atoms with Crippen molar-refractivity contribution in [3.8, 4) is 0 Å². The summed E-state index contributed by atoms with van der Waals surface area (Å²) in [7, 11) is 0. The van der Waals surface area contributed by atoms with Crippen molar-refractivity contribution < 1.29 is 18.7 Å². The summed E-state index contributed by atoms with van der Waals surface area (Å²) in [6.07, 6.45) is 0. The van der Waals surface area contributed by atoms with Gasteiger partial charge in [0, 0.05) is 17.3 Å². The lowest BCUT2D eigenvalue weighted by molar-refractivity contribution is -0.115. The highest BCUT2D eigenvalue weighted by Crippen LogP contribution is 2.30. The van der Waals surface area contributed by atoms with Gasteiger partial charge >= 0.3 is 5.97 Å². The zero-order valence-corrected chi connectivity index (χ0v) is 15.8. The number of halogens is 2. The fourth-order valence-corrected chi connectivity index (χ4v) is 3.37. The van der Waals surface area contributed by atoms with Crippen molar-refractivity contribution in [2.45, 2.75) is 13.5 Å². The van der Waals surface area contributed by atoms with E-state index in [1.807, 2.05) is 0 Å². The predicted molar refractivity (Wildman–Crippen MR) is 102 cm³/mol. The highest BCUT2D eigenvalue weighted by atomic mass is 35.5. The Morgan fingerprint density at radius 1 is 1.22 bits per heavy atom. The van der Waals surface area contributed by atoms with Crippen molar-refractivity contribution in [2.24, 2.45) is 0 Å². The van der Waals surface area contributed by atoms with Gasteiger partial charge in [0.15, 0.2) is 5.13 Å². The molecule has 3 rings (SSSR count). The van der Waals surface area contributed by atoms with Crippen LogP contribution >= 0.6 is 22.9 Å². The van der Waals surface area contributed by atoms with E-state index in [-0.39, 0.29) is 18.1 Å². The second-order valence-electron chi connectivity index (χ2n) is 5.54. The lowest BCUT2D eigenvalue weighted by Gasteiger charge is -2.18. The molecule has 0 aliphatic heterocycles. The van der Waals surface area contributed by atoms with Gasteiger partial charge in [0.25, 0.3) is 0 Å².